The highest BCUT2D eigenvalue weighted by molar-refractivity contribution is 5.09. The Hall–Kier alpha value is -1.09. The summed E-state index contributed by atoms with van der Waals surface area (Å²) in [6, 6.07) is 6.00. The molecule has 1 aliphatic rings. The van der Waals surface area contributed by atoms with Crippen molar-refractivity contribution in [2.45, 2.75) is 25.3 Å². The van der Waals surface area contributed by atoms with Crippen LogP contribution in [0.2, 0.25) is 0 Å². The quantitative estimate of drug-likeness (QED) is 0.791. The summed E-state index contributed by atoms with van der Waals surface area (Å²) in [5.41, 5.74) is 5.94. The van der Waals surface area contributed by atoms with E-state index in [1.807, 2.05) is 18.2 Å². The van der Waals surface area contributed by atoms with Crippen LogP contribution in [0.5, 0.6) is 5.88 Å². The summed E-state index contributed by atoms with van der Waals surface area (Å²) in [5.74, 6) is 1.21. The van der Waals surface area contributed by atoms with Gasteiger partial charge in [0.25, 0.3) is 0 Å². The van der Waals surface area contributed by atoms with Gasteiger partial charge in [-0.1, -0.05) is 12.5 Å². The predicted molar refractivity (Wildman–Crippen MR) is 55.0 cm³/mol. The van der Waals surface area contributed by atoms with E-state index in [0.29, 0.717) is 24.4 Å². The largest absolute Gasteiger partial charge is 0.477 e. The third-order valence-electron chi connectivity index (χ3n) is 2.80. The number of nitrogens with two attached hydrogens (primary N) is 1. The highest BCUT2D eigenvalue weighted by Crippen LogP contribution is 2.24. The normalized spacial score (nSPS) is 26.4. The van der Waals surface area contributed by atoms with Gasteiger partial charge in [0, 0.05) is 24.2 Å². The first kappa shape index (κ1) is 9.46. The third-order valence-corrected chi connectivity index (χ3v) is 2.80. The average Bonchev–Trinajstić information content (AvgIpc) is 2.63. The molecule has 0 bridgehead atoms. The number of hydrogen-bond acceptors (Lipinski definition) is 3. The first-order chi connectivity index (χ1) is 6.86. The molecule has 2 rings (SSSR count). The number of pyridine rings is 1. The molecule has 2 atom stereocenters. The minimum absolute atomic E-state index is 0.318. The van der Waals surface area contributed by atoms with Gasteiger partial charge in [0.15, 0.2) is 0 Å². The molecule has 1 saturated carbocycles. The van der Waals surface area contributed by atoms with E-state index in [2.05, 4.69) is 4.98 Å². The third kappa shape index (κ3) is 2.23. The molecule has 0 aromatic carbocycles. The Balaban J connectivity index is 1.82. The first-order valence-electron chi connectivity index (χ1n) is 5.15. The van der Waals surface area contributed by atoms with Crippen LogP contribution >= 0.6 is 0 Å². The Morgan fingerprint density at radius 2 is 2.36 bits per heavy atom. The maximum absolute atomic E-state index is 5.94. The van der Waals surface area contributed by atoms with Gasteiger partial charge >= 0.3 is 0 Å². The summed E-state index contributed by atoms with van der Waals surface area (Å²) in [6.45, 7) is 0.707. The van der Waals surface area contributed by atoms with E-state index in [-0.39, 0.29) is 0 Å². The standard InChI is InChI=1S/C11H16N2O/c12-10-5-3-4-9(10)8-14-11-6-1-2-7-13-11/h1-2,6-7,9-10H,3-5,8,12H2. The molecule has 1 aromatic rings. The number of nitrogens with zero attached hydrogens (tertiary/aromatic N) is 1. The van der Waals surface area contributed by atoms with Crippen LogP contribution in [0.25, 0.3) is 0 Å². The van der Waals surface area contributed by atoms with Gasteiger partial charge in [0.2, 0.25) is 5.88 Å². The minimum Gasteiger partial charge on any atom is -0.477 e. The van der Waals surface area contributed by atoms with Crippen LogP contribution in [0.15, 0.2) is 24.4 Å². The van der Waals surface area contributed by atoms with Gasteiger partial charge in [-0.05, 0) is 18.9 Å². The molecule has 2 unspecified atom stereocenters. The molecule has 2 N–H and O–H groups in total. The van der Waals surface area contributed by atoms with Crippen molar-refractivity contribution in [1.29, 1.82) is 0 Å². The molecule has 3 nitrogen and oxygen atoms in total. The van der Waals surface area contributed by atoms with Crippen LogP contribution < -0.4 is 10.5 Å². The van der Waals surface area contributed by atoms with Crippen LogP contribution in [-0.4, -0.2) is 17.6 Å². The van der Waals surface area contributed by atoms with Crippen molar-refractivity contribution in [2.75, 3.05) is 6.61 Å². The van der Waals surface area contributed by atoms with Crippen LogP contribution in [-0.2, 0) is 0 Å². The zero-order valence-corrected chi connectivity index (χ0v) is 8.23. The van der Waals surface area contributed by atoms with E-state index in [4.69, 9.17) is 10.5 Å². The summed E-state index contributed by atoms with van der Waals surface area (Å²) in [6.07, 6.45) is 5.30. The summed E-state index contributed by atoms with van der Waals surface area (Å²) in [5, 5.41) is 0. The average molecular weight is 192 g/mol. The van der Waals surface area contributed by atoms with Crippen molar-refractivity contribution in [3.63, 3.8) is 0 Å². The van der Waals surface area contributed by atoms with E-state index in [9.17, 15) is 0 Å². The number of aromatic nitrogens is 1. The number of rotatable bonds is 3. The van der Waals surface area contributed by atoms with Crippen molar-refractivity contribution in [3.8, 4) is 5.88 Å². The Kier molecular flexibility index (Phi) is 2.99. The van der Waals surface area contributed by atoms with Crippen molar-refractivity contribution < 1.29 is 4.74 Å². The van der Waals surface area contributed by atoms with Crippen molar-refractivity contribution in [2.24, 2.45) is 11.7 Å². The van der Waals surface area contributed by atoms with Gasteiger partial charge in [-0.25, -0.2) is 4.98 Å². The molecule has 76 valence electrons. The molecule has 3 heteroatoms. The van der Waals surface area contributed by atoms with Crippen LogP contribution in [0.4, 0.5) is 0 Å². The lowest BCUT2D eigenvalue weighted by Crippen LogP contribution is -2.28. The fraction of sp³-hybridized carbons (Fsp3) is 0.545. The smallest absolute Gasteiger partial charge is 0.213 e. The second-order valence-electron chi connectivity index (χ2n) is 3.83. The van der Waals surface area contributed by atoms with Crippen molar-refractivity contribution in [3.05, 3.63) is 24.4 Å². The maximum Gasteiger partial charge on any atom is 0.213 e. The van der Waals surface area contributed by atoms with E-state index >= 15 is 0 Å². The molecule has 1 aliphatic carbocycles. The molecular formula is C11H16N2O. The molecule has 0 aliphatic heterocycles. The highest BCUT2D eigenvalue weighted by atomic mass is 16.5. The zero-order valence-electron chi connectivity index (χ0n) is 8.23. The topological polar surface area (TPSA) is 48.1 Å². The minimum atomic E-state index is 0.318. The van der Waals surface area contributed by atoms with Crippen molar-refractivity contribution >= 4 is 0 Å². The van der Waals surface area contributed by atoms with Gasteiger partial charge < -0.3 is 10.5 Å². The number of hydrogen-bond donors (Lipinski definition) is 1. The zero-order chi connectivity index (χ0) is 9.80. The van der Waals surface area contributed by atoms with Gasteiger partial charge in [0.05, 0.1) is 6.61 Å². The van der Waals surface area contributed by atoms with E-state index in [1.54, 1.807) is 6.20 Å². The maximum atomic E-state index is 5.94. The molecule has 14 heavy (non-hydrogen) atoms. The van der Waals surface area contributed by atoms with Crippen molar-refractivity contribution in [1.82, 2.24) is 4.98 Å². The molecule has 0 amide bonds. The van der Waals surface area contributed by atoms with E-state index in [0.717, 1.165) is 6.42 Å². The highest BCUT2D eigenvalue weighted by Gasteiger charge is 2.24. The molecule has 0 saturated heterocycles. The Morgan fingerprint density at radius 3 is 3.00 bits per heavy atom. The summed E-state index contributed by atoms with van der Waals surface area (Å²) in [4.78, 5) is 4.10. The van der Waals surface area contributed by atoms with Crippen LogP contribution in [0, 0.1) is 5.92 Å². The predicted octanol–water partition coefficient (Wildman–Crippen LogP) is 1.59. The van der Waals surface area contributed by atoms with Gasteiger partial charge in [-0.15, -0.1) is 0 Å². The lowest BCUT2D eigenvalue weighted by molar-refractivity contribution is 0.232. The molecule has 1 heterocycles. The van der Waals surface area contributed by atoms with Gasteiger partial charge in [-0.3, -0.25) is 0 Å². The fourth-order valence-corrected chi connectivity index (χ4v) is 1.90. The van der Waals surface area contributed by atoms with E-state index < -0.39 is 0 Å². The summed E-state index contributed by atoms with van der Waals surface area (Å²) in [7, 11) is 0. The lowest BCUT2D eigenvalue weighted by Gasteiger charge is -2.15. The second kappa shape index (κ2) is 4.42. The molecule has 0 radical (unpaired) electrons. The Bertz CT molecular complexity index is 276. The van der Waals surface area contributed by atoms with Gasteiger partial charge in [-0.2, -0.15) is 0 Å². The first-order valence-corrected chi connectivity index (χ1v) is 5.15. The summed E-state index contributed by atoms with van der Waals surface area (Å²) < 4.78 is 5.57. The molecular weight excluding hydrogens is 176 g/mol. The molecule has 0 spiro atoms. The second-order valence-corrected chi connectivity index (χ2v) is 3.83. The fourth-order valence-electron chi connectivity index (χ4n) is 1.90. The summed E-state index contributed by atoms with van der Waals surface area (Å²) >= 11 is 0. The van der Waals surface area contributed by atoms with Gasteiger partial charge in [0.1, 0.15) is 0 Å². The lowest BCUT2D eigenvalue weighted by atomic mass is 10.1. The van der Waals surface area contributed by atoms with Crippen LogP contribution in [0.3, 0.4) is 0 Å². The monoisotopic (exact) mass is 192 g/mol. The SMILES string of the molecule is NC1CCCC1COc1ccccn1. The molecule has 1 aromatic heterocycles. The van der Waals surface area contributed by atoms with Crippen LogP contribution in [0.1, 0.15) is 19.3 Å². The number of ether oxygens (including phenoxy) is 1. The Labute approximate surface area is 84.3 Å². The Morgan fingerprint density at radius 1 is 1.43 bits per heavy atom. The molecule has 1 fully saturated rings. The van der Waals surface area contributed by atoms with E-state index in [1.165, 1.54) is 12.8 Å².